The van der Waals surface area contributed by atoms with Crippen LogP contribution in [0.2, 0.25) is 0 Å². The van der Waals surface area contributed by atoms with Gasteiger partial charge in [0.1, 0.15) is 11.5 Å². The van der Waals surface area contributed by atoms with Crippen LogP contribution in [0.4, 0.5) is 0 Å². The smallest absolute Gasteiger partial charge is 0.356 e. The molecule has 2 aromatic rings. The molecule has 1 aromatic carbocycles. The lowest BCUT2D eigenvalue weighted by Gasteiger charge is -2.08. The number of ether oxygens (including phenoxy) is 2. The van der Waals surface area contributed by atoms with Crippen molar-refractivity contribution in [2.75, 3.05) is 7.11 Å². The van der Waals surface area contributed by atoms with E-state index in [1.54, 1.807) is 18.2 Å². The Balaban J connectivity index is 2.32. The van der Waals surface area contributed by atoms with Gasteiger partial charge in [0, 0.05) is 12.1 Å². The molecule has 0 aliphatic heterocycles. The van der Waals surface area contributed by atoms with Crippen molar-refractivity contribution in [1.82, 2.24) is 4.98 Å². The molecule has 0 fully saturated rings. The number of esters is 1. The van der Waals surface area contributed by atoms with Gasteiger partial charge in [-0.2, -0.15) is 0 Å². The summed E-state index contributed by atoms with van der Waals surface area (Å²) >= 11 is 0. The highest BCUT2D eigenvalue weighted by Crippen LogP contribution is 2.22. The number of aliphatic hydroxyl groups is 1. The third-order valence-corrected chi connectivity index (χ3v) is 2.39. The number of benzene rings is 1. The SMILES string of the molecule is COC(=O)c1cc(Oc2ccccc2)cc(CO)n1. The van der Waals surface area contributed by atoms with Crippen molar-refractivity contribution in [1.29, 1.82) is 0 Å². The summed E-state index contributed by atoms with van der Waals surface area (Å²) in [5.41, 5.74) is 0.439. The van der Waals surface area contributed by atoms with Crippen LogP contribution in [0.15, 0.2) is 42.5 Å². The number of hydrogen-bond acceptors (Lipinski definition) is 5. The van der Waals surface area contributed by atoms with Gasteiger partial charge < -0.3 is 14.6 Å². The van der Waals surface area contributed by atoms with E-state index in [0.717, 1.165) is 0 Å². The molecule has 1 N–H and O–H groups in total. The molecular formula is C14H13NO4. The molecule has 98 valence electrons. The van der Waals surface area contributed by atoms with Crippen molar-refractivity contribution in [3.8, 4) is 11.5 Å². The summed E-state index contributed by atoms with van der Waals surface area (Å²) < 4.78 is 10.2. The van der Waals surface area contributed by atoms with Gasteiger partial charge >= 0.3 is 5.97 Å². The largest absolute Gasteiger partial charge is 0.464 e. The topological polar surface area (TPSA) is 68.7 Å². The zero-order valence-electron chi connectivity index (χ0n) is 10.4. The molecular weight excluding hydrogens is 246 g/mol. The first-order chi connectivity index (χ1) is 9.22. The van der Waals surface area contributed by atoms with Gasteiger partial charge in [-0.05, 0) is 12.1 Å². The van der Waals surface area contributed by atoms with E-state index in [2.05, 4.69) is 9.72 Å². The molecule has 1 heterocycles. The van der Waals surface area contributed by atoms with Crippen LogP contribution in [0.5, 0.6) is 11.5 Å². The number of aliphatic hydroxyl groups excluding tert-OH is 1. The van der Waals surface area contributed by atoms with Crippen LogP contribution in [0.3, 0.4) is 0 Å². The number of carbonyl (C=O) groups excluding carboxylic acids is 1. The minimum atomic E-state index is -0.576. The van der Waals surface area contributed by atoms with E-state index in [4.69, 9.17) is 9.84 Å². The van der Waals surface area contributed by atoms with Crippen LogP contribution >= 0.6 is 0 Å². The molecule has 19 heavy (non-hydrogen) atoms. The lowest BCUT2D eigenvalue weighted by molar-refractivity contribution is 0.0593. The maximum Gasteiger partial charge on any atom is 0.356 e. The highest BCUT2D eigenvalue weighted by atomic mass is 16.5. The van der Waals surface area contributed by atoms with E-state index in [9.17, 15) is 4.79 Å². The first kappa shape index (κ1) is 13.0. The van der Waals surface area contributed by atoms with Crippen molar-refractivity contribution in [3.05, 3.63) is 53.9 Å². The van der Waals surface area contributed by atoms with Crippen molar-refractivity contribution < 1.29 is 19.4 Å². The predicted octanol–water partition coefficient (Wildman–Crippen LogP) is 2.15. The average molecular weight is 259 g/mol. The molecule has 0 bridgehead atoms. The Hall–Kier alpha value is -2.40. The van der Waals surface area contributed by atoms with E-state index < -0.39 is 5.97 Å². The molecule has 0 atom stereocenters. The lowest BCUT2D eigenvalue weighted by atomic mass is 10.2. The molecule has 2 rings (SSSR count). The Labute approximate surface area is 110 Å². The molecule has 0 saturated heterocycles. The molecule has 0 amide bonds. The Bertz CT molecular complexity index is 569. The third kappa shape index (κ3) is 3.29. The number of rotatable bonds is 4. The molecule has 1 aromatic heterocycles. The third-order valence-electron chi connectivity index (χ3n) is 2.39. The summed E-state index contributed by atoms with van der Waals surface area (Å²) in [5, 5.41) is 9.14. The van der Waals surface area contributed by atoms with E-state index in [1.807, 2.05) is 18.2 Å². The fourth-order valence-corrected chi connectivity index (χ4v) is 1.53. The molecule has 0 radical (unpaired) electrons. The summed E-state index contributed by atoms with van der Waals surface area (Å²) in [6, 6.07) is 12.2. The number of methoxy groups -OCH3 is 1. The Morgan fingerprint density at radius 3 is 2.58 bits per heavy atom. The lowest BCUT2D eigenvalue weighted by Crippen LogP contribution is -2.06. The second-order valence-electron chi connectivity index (χ2n) is 3.74. The van der Waals surface area contributed by atoms with Crippen molar-refractivity contribution in [2.24, 2.45) is 0 Å². The molecule has 5 nitrogen and oxygen atoms in total. The van der Waals surface area contributed by atoms with Crippen molar-refractivity contribution in [2.45, 2.75) is 6.61 Å². The van der Waals surface area contributed by atoms with Crippen LogP contribution in [0, 0.1) is 0 Å². The Morgan fingerprint density at radius 1 is 1.21 bits per heavy atom. The van der Waals surface area contributed by atoms with E-state index >= 15 is 0 Å². The summed E-state index contributed by atoms with van der Waals surface area (Å²) in [4.78, 5) is 15.4. The summed E-state index contributed by atoms with van der Waals surface area (Å²) in [6.45, 7) is -0.282. The second kappa shape index (κ2) is 5.97. The number of hydrogen-bond donors (Lipinski definition) is 1. The van der Waals surface area contributed by atoms with Gasteiger partial charge in [-0.15, -0.1) is 0 Å². The molecule has 5 heteroatoms. The first-order valence-corrected chi connectivity index (χ1v) is 5.66. The quantitative estimate of drug-likeness (QED) is 0.852. The first-order valence-electron chi connectivity index (χ1n) is 5.66. The van der Waals surface area contributed by atoms with E-state index in [-0.39, 0.29) is 12.3 Å². The molecule has 0 spiro atoms. The van der Waals surface area contributed by atoms with Crippen molar-refractivity contribution >= 4 is 5.97 Å². The molecule has 0 aliphatic carbocycles. The minimum Gasteiger partial charge on any atom is -0.464 e. The van der Waals surface area contributed by atoms with Gasteiger partial charge in [-0.3, -0.25) is 0 Å². The zero-order valence-corrected chi connectivity index (χ0v) is 10.4. The van der Waals surface area contributed by atoms with E-state index in [0.29, 0.717) is 17.2 Å². The molecule has 0 saturated carbocycles. The highest BCUT2D eigenvalue weighted by Gasteiger charge is 2.11. The molecule has 0 aliphatic rings. The summed E-state index contributed by atoms with van der Waals surface area (Å²) in [5.74, 6) is 0.479. The maximum atomic E-state index is 11.5. The predicted molar refractivity (Wildman–Crippen MR) is 68.0 cm³/mol. The van der Waals surface area contributed by atoms with Gasteiger partial charge in [0.05, 0.1) is 19.4 Å². The van der Waals surface area contributed by atoms with Crippen LogP contribution in [0.25, 0.3) is 0 Å². The van der Waals surface area contributed by atoms with E-state index in [1.165, 1.54) is 13.2 Å². The standard InChI is InChI=1S/C14H13NO4/c1-18-14(17)13-8-12(7-10(9-16)15-13)19-11-5-3-2-4-6-11/h2-8,16H,9H2,1H3. The number of nitrogens with zero attached hydrogens (tertiary/aromatic N) is 1. The highest BCUT2D eigenvalue weighted by molar-refractivity contribution is 5.87. The Kier molecular flexibility index (Phi) is 4.10. The number of aromatic nitrogens is 1. The summed E-state index contributed by atoms with van der Waals surface area (Å²) in [6.07, 6.45) is 0. The number of para-hydroxylation sites is 1. The van der Waals surface area contributed by atoms with Crippen LogP contribution in [-0.4, -0.2) is 23.2 Å². The number of carbonyl (C=O) groups is 1. The van der Waals surface area contributed by atoms with Crippen LogP contribution in [0.1, 0.15) is 16.2 Å². The zero-order chi connectivity index (χ0) is 13.7. The average Bonchev–Trinajstić information content (AvgIpc) is 2.47. The normalized spacial score (nSPS) is 10.0. The second-order valence-corrected chi connectivity index (χ2v) is 3.74. The number of pyridine rings is 1. The van der Waals surface area contributed by atoms with Gasteiger partial charge in [-0.25, -0.2) is 9.78 Å². The Morgan fingerprint density at radius 2 is 1.95 bits per heavy atom. The maximum absolute atomic E-state index is 11.5. The van der Waals surface area contributed by atoms with Gasteiger partial charge in [0.25, 0.3) is 0 Å². The molecule has 0 unspecified atom stereocenters. The fourth-order valence-electron chi connectivity index (χ4n) is 1.53. The van der Waals surface area contributed by atoms with Crippen molar-refractivity contribution in [3.63, 3.8) is 0 Å². The summed E-state index contributed by atoms with van der Waals surface area (Å²) in [7, 11) is 1.27. The van der Waals surface area contributed by atoms with Gasteiger partial charge in [0.15, 0.2) is 5.69 Å². The van der Waals surface area contributed by atoms with Crippen LogP contribution < -0.4 is 4.74 Å². The fraction of sp³-hybridized carbons (Fsp3) is 0.143. The van der Waals surface area contributed by atoms with Gasteiger partial charge in [0.2, 0.25) is 0 Å². The minimum absolute atomic E-state index is 0.0972. The van der Waals surface area contributed by atoms with Crippen LogP contribution in [-0.2, 0) is 11.3 Å². The monoisotopic (exact) mass is 259 g/mol. The van der Waals surface area contributed by atoms with Gasteiger partial charge in [-0.1, -0.05) is 18.2 Å².